The molecule has 1 aromatic rings. The number of amides is 3. The van der Waals surface area contributed by atoms with Gasteiger partial charge in [-0.2, -0.15) is 13.2 Å². The highest BCUT2D eigenvalue weighted by Crippen LogP contribution is 2.23. The Morgan fingerprint density at radius 3 is 2.38 bits per heavy atom. The van der Waals surface area contributed by atoms with Crippen LogP contribution >= 0.6 is 0 Å². The molecule has 0 unspecified atom stereocenters. The fraction of sp³-hybridized carbons (Fsp3) is 0.591. The van der Waals surface area contributed by atoms with E-state index in [1.807, 2.05) is 12.1 Å². The number of nitrogens with zero attached hydrogens (tertiary/aromatic N) is 1. The molecular formula is C22H31F3N4O3. The van der Waals surface area contributed by atoms with E-state index < -0.39 is 36.0 Å². The smallest absolute Gasteiger partial charge is 0.336 e. The van der Waals surface area contributed by atoms with Gasteiger partial charge in [-0.3, -0.25) is 14.4 Å². The minimum atomic E-state index is -5.10. The fourth-order valence-electron chi connectivity index (χ4n) is 3.67. The minimum Gasteiger partial charge on any atom is -0.336 e. The zero-order chi connectivity index (χ0) is 23.9. The van der Waals surface area contributed by atoms with Crippen LogP contribution in [-0.4, -0.2) is 54.0 Å². The lowest BCUT2D eigenvalue weighted by Crippen LogP contribution is -2.54. The number of benzene rings is 1. The average molecular weight is 457 g/mol. The Labute approximate surface area is 185 Å². The number of likely N-dealkylation sites (tertiary alicyclic amines) is 1. The van der Waals surface area contributed by atoms with Crippen molar-refractivity contribution < 1.29 is 27.6 Å². The summed E-state index contributed by atoms with van der Waals surface area (Å²) in [6, 6.07) is 5.17. The first kappa shape index (κ1) is 25.6. The topological polar surface area (TPSA) is 105 Å². The highest BCUT2D eigenvalue weighted by atomic mass is 19.4. The van der Waals surface area contributed by atoms with Gasteiger partial charge in [0.15, 0.2) is 0 Å². The number of nitrogens with two attached hydrogens (primary N) is 1. The summed E-state index contributed by atoms with van der Waals surface area (Å²) in [5.74, 6) is -2.93. The van der Waals surface area contributed by atoms with Crippen LogP contribution < -0.4 is 16.4 Å². The lowest BCUT2D eigenvalue weighted by Gasteiger charge is -2.29. The van der Waals surface area contributed by atoms with E-state index in [2.05, 4.69) is 19.2 Å². The zero-order valence-corrected chi connectivity index (χ0v) is 18.4. The van der Waals surface area contributed by atoms with Crippen molar-refractivity contribution in [1.29, 1.82) is 0 Å². The van der Waals surface area contributed by atoms with Crippen LogP contribution in [0.25, 0.3) is 0 Å². The number of carbonyl (C=O) groups is 3. The van der Waals surface area contributed by atoms with E-state index in [9.17, 15) is 27.6 Å². The molecule has 7 nitrogen and oxygen atoms in total. The Morgan fingerprint density at radius 1 is 1.16 bits per heavy atom. The van der Waals surface area contributed by atoms with Crippen LogP contribution in [0.2, 0.25) is 0 Å². The van der Waals surface area contributed by atoms with Crippen LogP contribution in [0, 0.1) is 0 Å². The van der Waals surface area contributed by atoms with Crippen molar-refractivity contribution in [2.45, 2.75) is 70.1 Å². The molecule has 1 heterocycles. The van der Waals surface area contributed by atoms with Crippen molar-refractivity contribution in [3.8, 4) is 0 Å². The molecule has 0 spiro atoms. The van der Waals surface area contributed by atoms with E-state index >= 15 is 0 Å². The highest BCUT2D eigenvalue weighted by molar-refractivity contribution is 5.99. The van der Waals surface area contributed by atoms with Gasteiger partial charge in [0.05, 0.1) is 0 Å². The van der Waals surface area contributed by atoms with Gasteiger partial charge in [-0.05, 0) is 62.3 Å². The first-order chi connectivity index (χ1) is 15.0. The third-order valence-corrected chi connectivity index (χ3v) is 5.49. The Balaban J connectivity index is 2.10. The van der Waals surface area contributed by atoms with Gasteiger partial charge in [-0.25, -0.2) is 0 Å². The summed E-state index contributed by atoms with van der Waals surface area (Å²) < 4.78 is 38.2. The molecule has 4 N–H and O–H groups in total. The van der Waals surface area contributed by atoms with E-state index in [0.717, 1.165) is 5.56 Å². The molecule has 10 heteroatoms. The van der Waals surface area contributed by atoms with E-state index in [4.69, 9.17) is 5.73 Å². The highest BCUT2D eigenvalue weighted by Gasteiger charge is 2.43. The Kier molecular flexibility index (Phi) is 9.06. The molecule has 0 aliphatic carbocycles. The van der Waals surface area contributed by atoms with Gasteiger partial charge < -0.3 is 21.3 Å². The maximum atomic E-state index is 13.0. The SMILES string of the molecule is CC(C)c1ccc(NC(=O)[C@@H]2CCCN2C(=O)[C@H](CCCCN)NC(=O)C(F)(F)F)cc1. The molecule has 3 amide bonds. The number of unbranched alkanes of at least 4 members (excludes halogenated alkanes) is 1. The second-order valence-electron chi connectivity index (χ2n) is 8.26. The number of rotatable bonds is 9. The van der Waals surface area contributed by atoms with E-state index in [1.165, 1.54) is 4.90 Å². The van der Waals surface area contributed by atoms with Crippen molar-refractivity contribution in [2.75, 3.05) is 18.4 Å². The Hall–Kier alpha value is -2.62. The lowest BCUT2D eigenvalue weighted by atomic mass is 10.0. The van der Waals surface area contributed by atoms with Crippen LogP contribution in [0.15, 0.2) is 24.3 Å². The maximum absolute atomic E-state index is 13.0. The molecule has 2 rings (SSSR count). The lowest BCUT2D eigenvalue weighted by molar-refractivity contribution is -0.175. The fourth-order valence-corrected chi connectivity index (χ4v) is 3.67. The predicted molar refractivity (Wildman–Crippen MR) is 115 cm³/mol. The molecule has 0 saturated carbocycles. The summed E-state index contributed by atoms with van der Waals surface area (Å²) >= 11 is 0. The van der Waals surface area contributed by atoms with Crippen molar-refractivity contribution >= 4 is 23.4 Å². The first-order valence-corrected chi connectivity index (χ1v) is 10.8. The second kappa shape index (κ2) is 11.3. The van der Waals surface area contributed by atoms with Gasteiger partial charge >= 0.3 is 12.1 Å². The molecular weight excluding hydrogens is 425 g/mol. The van der Waals surface area contributed by atoms with Gasteiger partial charge in [0.25, 0.3) is 0 Å². The molecule has 1 aromatic carbocycles. The molecule has 0 bridgehead atoms. The zero-order valence-electron chi connectivity index (χ0n) is 18.4. The number of anilines is 1. The van der Waals surface area contributed by atoms with Crippen LogP contribution in [0.4, 0.5) is 18.9 Å². The van der Waals surface area contributed by atoms with Crippen molar-refractivity contribution in [2.24, 2.45) is 5.73 Å². The van der Waals surface area contributed by atoms with E-state index in [1.54, 1.807) is 17.4 Å². The molecule has 32 heavy (non-hydrogen) atoms. The minimum absolute atomic E-state index is 0.0133. The van der Waals surface area contributed by atoms with Gasteiger partial charge in [0.1, 0.15) is 12.1 Å². The summed E-state index contributed by atoms with van der Waals surface area (Å²) in [6.07, 6.45) is -3.28. The maximum Gasteiger partial charge on any atom is 0.471 e. The van der Waals surface area contributed by atoms with E-state index in [-0.39, 0.29) is 13.0 Å². The van der Waals surface area contributed by atoms with Gasteiger partial charge in [-0.15, -0.1) is 0 Å². The van der Waals surface area contributed by atoms with E-state index in [0.29, 0.717) is 43.8 Å². The van der Waals surface area contributed by atoms with Gasteiger partial charge in [0.2, 0.25) is 11.8 Å². The summed E-state index contributed by atoms with van der Waals surface area (Å²) in [6.45, 7) is 4.66. The quantitative estimate of drug-likeness (QED) is 0.497. The largest absolute Gasteiger partial charge is 0.471 e. The number of alkyl halides is 3. The summed E-state index contributed by atoms with van der Waals surface area (Å²) in [7, 11) is 0. The third kappa shape index (κ3) is 6.94. The van der Waals surface area contributed by atoms with Crippen LogP contribution in [0.3, 0.4) is 0 Å². The number of halogens is 3. The molecule has 0 aromatic heterocycles. The number of nitrogens with one attached hydrogen (secondary N) is 2. The molecule has 1 aliphatic rings. The molecule has 1 aliphatic heterocycles. The third-order valence-electron chi connectivity index (χ3n) is 5.49. The van der Waals surface area contributed by atoms with Gasteiger partial charge in [0, 0.05) is 12.2 Å². The monoisotopic (exact) mass is 456 g/mol. The van der Waals surface area contributed by atoms with Crippen molar-refractivity contribution in [3.63, 3.8) is 0 Å². The molecule has 0 radical (unpaired) electrons. The summed E-state index contributed by atoms with van der Waals surface area (Å²) in [5, 5.41) is 4.57. The van der Waals surface area contributed by atoms with Crippen molar-refractivity contribution in [1.82, 2.24) is 10.2 Å². The standard InChI is InChI=1S/C22H31F3N4O3/c1-14(2)15-8-10-16(11-9-15)27-19(30)18-7-5-13-29(18)20(31)17(6-3-4-12-26)28-21(32)22(23,24)25/h8-11,14,17-18H,3-7,12-13,26H2,1-2H3,(H,27,30)(H,28,32)/t17-,18-/m0/s1. The average Bonchev–Trinajstić information content (AvgIpc) is 3.22. The molecule has 178 valence electrons. The molecule has 2 atom stereocenters. The number of hydrogen-bond acceptors (Lipinski definition) is 4. The summed E-state index contributed by atoms with van der Waals surface area (Å²) in [4.78, 5) is 38.6. The predicted octanol–water partition coefficient (Wildman–Crippen LogP) is 2.92. The number of carbonyl (C=O) groups excluding carboxylic acids is 3. The number of hydrogen-bond donors (Lipinski definition) is 3. The van der Waals surface area contributed by atoms with Crippen LogP contribution in [0.5, 0.6) is 0 Å². The molecule has 1 fully saturated rings. The first-order valence-electron chi connectivity index (χ1n) is 10.8. The molecule has 1 saturated heterocycles. The van der Waals surface area contributed by atoms with Crippen molar-refractivity contribution in [3.05, 3.63) is 29.8 Å². The Bertz CT molecular complexity index is 797. The Morgan fingerprint density at radius 2 is 1.81 bits per heavy atom. The second-order valence-corrected chi connectivity index (χ2v) is 8.26. The van der Waals surface area contributed by atoms with Crippen LogP contribution in [-0.2, 0) is 14.4 Å². The summed E-state index contributed by atoms with van der Waals surface area (Å²) in [5.41, 5.74) is 7.11. The normalized spacial score (nSPS) is 17.3. The van der Waals surface area contributed by atoms with Crippen LogP contribution in [0.1, 0.15) is 57.4 Å². The van der Waals surface area contributed by atoms with Gasteiger partial charge in [-0.1, -0.05) is 26.0 Å².